The molecule has 0 spiro atoms. The molecule has 0 aliphatic rings. The van der Waals surface area contributed by atoms with Crippen LogP contribution in [-0.2, 0) is 19.6 Å². The Hall–Kier alpha value is -5.38. The number of rotatable bonds is 10. The van der Waals surface area contributed by atoms with E-state index in [1.807, 2.05) is 6.07 Å². The number of sulfonamides is 1. The zero-order valence-corrected chi connectivity index (χ0v) is 23.8. The van der Waals surface area contributed by atoms with E-state index in [-0.39, 0.29) is 34.1 Å². The van der Waals surface area contributed by atoms with Crippen LogP contribution in [0.25, 0.3) is 11.1 Å². The average Bonchev–Trinajstić information content (AvgIpc) is 2.98. The third kappa shape index (κ3) is 10.1. The number of carbonyl (C=O) groups is 2. The van der Waals surface area contributed by atoms with Gasteiger partial charge in [-0.3, -0.25) is 9.71 Å². The Morgan fingerprint density at radius 3 is 2.29 bits per heavy atom. The summed E-state index contributed by atoms with van der Waals surface area (Å²) in [7, 11) is -4.12. The van der Waals surface area contributed by atoms with Crippen molar-refractivity contribution >= 4 is 33.3 Å². The second kappa shape index (κ2) is 14.9. The molecule has 1 heterocycles. The number of halogens is 4. The Labute approximate surface area is 253 Å². The number of benzene rings is 3. The minimum absolute atomic E-state index is 0.0127. The molecule has 4 aromatic rings. The third-order valence-electron chi connectivity index (χ3n) is 5.67. The molecule has 1 aromatic heterocycles. The molecule has 0 amide bonds. The lowest BCUT2D eigenvalue weighted by molar-refractivity contribution is -0.192. The summed E-state index contributed by atoms with van der Waals surface area (Å²) in [5.74, 6) is -4.75. The van der Waals surface area contributed by atoms with Crippen LogP contribution in [0.15, 0.2) is 90.1 Å². The molecule has 238 valence electrons. The first-order chi connectivity index (χ1) is 21.2. The fraction of sp³-hybridized carbons (Fsp3) is 0.138. The number of esters is 1. The van der Waals surface area contributed by atoms with E-state index in [4.69, 9.17) is 14.6 Å². The number of aliphatic carboxylic acids is 1. The van der Waals surface area contributed by atoms with E-state index in [1.165, 1.54) is 42.5 Å². The molecule has 0 aliphatic carbocycles. The van der Waals surface area contributed by atoms with Crippen molar-refractivity contribution < 1.29 is 55.6 Å². The summed E-state index contributed by atoms with van der Waals surface area (Å²) in [4.78, 5) is 25.1. The van der Waals surface area contributed by atoms with Gasteiger partial charge < -0.3 is 25.4 Å². The summed E-state index contributed by atoms with van der Waals surface area (Å²) in [5.41, 5.74) is 1.17. The number of nitrogens with one attached hydrogen (secondary N) is 2. The first-order valence-corrected chi connectivity index (χ1v) is 14.2. The summed E-state index contributed by atoms with van der Waals surface area (Å²) >= 11 is 0. The van der Waals surface area contributed by atoms with Gasteiger partial charge in [0, 0.05) is 30.6 Å². The van der Waals surface area contributed by atoms with E-state index in [0.29, 0.717) is 18.5 Å². The van der Waals surface area contributed by atoms with Gasteiger partial charge in [0.05, 0.1) is 22.9 Å². The Morgan fingerprint density at radius 2 is 1.64 bits per heavy atom. The zero-order chi connectivity index (χ0) is 33.2. The lowest BCUT2D eigenvalue weighted by Gasteiger charge is -2.12. The van der Waals surface area contributed by atoms with Crippen LogP contribution in [0.5, 0.6) is 11.5 Å². The molecule has 11 nitrogen and oxygen atoms in total. The predicted molar refractivity (Wildman–Crippen MR) is 154 cm³/mol. The van der Waals surface area contributed by atoms with E-state index < -0.39 is 39.7 Å². The molecule has 4 rings (SSSR count). The second-order valence-electron chi connectivity index (χ2n) is 8.99. The van der Waals surface area contributed by atoms with E-state index in [0.717, 1.165) is 23.9 Å². The number of phenols is 2. The van der Waals surface area contributed by atoms with Gasteiger partial charge in [-0.2, -0.15) is 13.2 Å². The standard InChI is InChI=1S/C27H24FN3O6S.C2HF3O2/c28-19-7-10-25(32)24(15-19)18-4-1-6-22(14-18)38(35,36)31-20-8-9-23(26(33)16-20)27(34)37-13-3-12-30-21-5-2-11-29-17-21;3-2(4,5)1(6)7/h1-2,4-11,14-17,30-33H,3,12-13H2;(H,6,7). The van der Waals surface area contributed by atoms with Crippen LogP contribution in [0.1, 0.15) is 16.8 Å². The van der Waals surface area contributed by atoms with Crippen molar-refractivity contribution in [2.45, 2.75) is 17.5 Å². The van der Waals surface area contributed by atoms with Gasteiger partial charge in [-0.15, -0.1) is 0 Å². The van der Waals surface area contributed by atoms with Gasteiger partial charge in [0.2, 0.25) is 0 Å². The molecular formula is C29H25F4N3O8S. The fourth-order valence-corrected chi connectivity index (χ4v) is 4.66. The normalized spacial score (nSPS) is 11.1. The molecule has 0 unspecified atom stereocenters. The minimum atomic E-state index is -5.08. The van der Waals surface area contributed by atoms with Crippen molar-refractivity contribution in [3.8, 4) is 22.6 Å². The van der Waals surface area contributed by atoms with Crippen LogP contribution in [0.2, 0.25) is 0 Å². The van der Waals surface area contributed by atoms with Crippen molar-refractivity contribution in [3.63, 3.8) is 0 Å². The maximum absolute atomic E-state index is 13.6. The van der Waals surface area contributed by atoms with Crippen LogP contribution in [0, 0.1) is 5.82 Å². The highest BCUT2D eigenvalue weighted by Crippen LogP contribution is 2.32. The fourth-order valence-electron chi connectivity index (χ4n) is 3.57. The predicted octanol–water partition coefficient (Wildman–Crippen LogP) is 5.39. The molecule has 0 saturated heterocycles. The topological polar surface area (TPSA) is 175 Å². The summed E-state index contributed by atoms with van der Waals surface area (Å²) in [6.45, 7) is 0.656. The van der Waals surface area contributed by atoms with Crippen molar-refractivity contribution in [1.82, 2.24) is 4.98 Å². The summed E-state index contributed by atoms with van der Waals surface area (Å²) in [6, 6.07) is 16.3. The first-order valence-electron chi connectivity index (χ1n) is 12.7. The molecule has 5 N–H and O–H groups in total. The number of pyridine rings is 1. The van der Waals surface area contributed by atoms with Gasteiger partial charge in [0.25, 0.3) is 10.0 Å². The lowest BCUT2D eigenvalue weighted by Crippen LogP contribution is -2.21. The molecule has 0 atom stereocenters. The van der Waals surface area contributed by atoms with E-state index in [2.05, 4.69) is 15.0 Å². The second-order valence-corrected chi connectivity index (χ2v) is 10.7. The number of carboxylic acid groups (broad SMARTS) is 1. The number of carboxylic acids is 1. The van der Waals surface area contributed by atoms with Gasteiger partial charge >= 0.3 is 18.1 Å². The van der Waals surface area contributed by atoms with Gasteiger partial charge in [-0.05, 0) is 66.6 Å². The molecule has 0 fully saturated rings. The van der Waals surface area contributed by atoms with Crippen molar-refractivity contribution in [2.24, 2.45) is 0 Å². The molecule has 0 bridgehead atoms. The average molecular weight is 652 g/mol. The number of hydrogen-bond acceptors (Lipinski definition) is 9. The number of carbonyl (C=O) groups excluding carboxylic acids is 1. The maximum Gasteiger partial charge on any atom is 0.490 e. The number of anilines is 2. The summed E-state index contributed by atoms with van der Waals surface area (Å²) < 4.78 is 78.8. The highest BCUT2D eigenvalue weighted by atomic mass is 32.2. The van der Waals surface area contributed by atoms with Crippen LogP contribution in [0.4, 0.5) is 28.9 Å². The lowest BCUT2D eigenvalue weighted by atomic mass is 10.0. The van der Waals surface area contributed by atoms with Crippen LogP contribution in [-0.4, -0.2) is 60.0 Å². The Kier molecular flexibility index (Phi) is 11.3. The molecule has 0 radical (unpaired) electrons. The van der Waals surface area contributed by atoms with E-state index in [1.54, 1.807) is 18.5 Å². The van der Waals surface area contributed by atoms with Crippen LogP contribution >= 0.6 is 0 Å². The number of nitrogens with zero attached hydrogens (tertiary/aromatic N) is 1. The Morgan fingerprint density at radius 1 is 0.911 bits per heavy atom. The van der Waals surface area contributed by atoms with Crippen LogP contribution in [0.3, 0.4) is 0 Å². The quantitative estimate of drug-likeness (QED) is 0.0849. The first kappa shape index (κ1) is 34.1. The number of aromatic hydroxyl groups is 2. The minimum Gasteiger partial charge on any atom is -0.507 e. The molecule has 45 heavy (non-hydrogen) atoms. The molecule has 0 aliphatic heterocycles. The number of aromatic nitrogens is 1. The van der Waals surface area contributed by atoms with Crippen molar-refractivity contribution in [3.05, 3.63) is 96.6 Å². The molecule has 0 saturated carbocycles. The highest BCUT2D eigenvalue weighted by molar-refractivity contribution is 7.92. The van der Waals surface area contributed by atoms with Crippen molar-refractivity contribution in [1.29, 1.82) is 0 Å². The monoisotopic (exact) mass is 651 g/mol. The summed E-state index contributed by atoms with van der Waals surface area (Å²) in [5, 5.41) is 30.6. The van der Waals surface area contributed by atoms with Gasteiger partial charge in [-0.25, -0.2) is 22.4 Å². The van der Waals surface area contributed by atoms with E-state index >= 15 is 0 Å². The zero-order valence-electron chi connectivity index (χ0n) is 23.0. The smallest absolute Gasteiger partial charge is 0.490 e. The molecular weight excluding hydrogens is 626 g/mol. The number of alkyl halides is 3. The SMILES string of the molecule is O=C(O)C(F)(F)F.O=C(OCCCNc1cccnc1)c1ccc(NS(=O)(=O)c2cccc(-c3cc(F)ccc3O)c2)cc1O. The van der Waals surface area contributed by atoms with Gasteiger partial charge in [-0.1, -0.05) is 12.1 Å². The Bertz CT molecular complexity index is 1750. The number of ether oxygens (including phenoxy) is 1. The molecule has 3 aromatic carbocycles. The maximum atomic E-state index is 13.6. The Balaban J connectivity index is 0.000000707. The highest BCUT2D eigenvalue weighted by Gasteiger charge is 2.38. The largest absolute Gasteiger partial charge is 0.507 e. The van der Waals surface area contributed by atoms with Gasteiger partial charge in [0.15, 0.2) is 0 Å². The molecule has 16 heteroatoms. The van der Waals surface area contributed by atoms with E-state index in [9.17, 15) is 41.0 Å². The summed E-state index contributed by atoms with van der Waals surface area (Å²) in [6.07, 6.45) is -1.23. The van der Waals surface area contributed by atoms with Gasteiger partial charge in [0.1, 0.15) is 22.9 Å². The number of hydrogen-bond donors (Lipinski definition) is 5. The van der Waals surface area contributed by atoms with Crippen LogP contribution < -0.4 is 10.0 Å². The number of phenolic OH excluding ortho intramolecular Hbond substituents is 2. The third-order valence-corrected chi connectivity index (χ3v) is 7.05. The van der Waals surface area contributed by atoms with Crippen molar-refractivity contribution in [2.75, 3.05) is 23.2 Å².